The second-order valence-corrected chi connectivity index (χ2v) is 7.52. The molecular weight excluding hydrogens is 244 g/mol. The zero-order valence-corrected chi connectivity index (χ0v) is 14.6. The lowest BCUT2D eigenvalue weighted by Crippen LogP contribution is -2.49. The molecule has 0 aliphatic heterocycles. The first-order chi connectivity index (χ1) is 9.54. The summed E-state index contributed by atoms with van der Waals surface area (Å²) in [6.45, 7) is 15.3. The van der Waals surface area contributed by atoms with Gasteiger partial charge in [0.15, 0.2) is 0 Å². The van der Waals surface area contributed by atoms with Gasteiger partial charge in [-0.3, -0.25) is 4.90 Å². The van der Waals surface area contributed by atoms with E-state index in [0.717, 1.165) is 30.5 Å². The van der Waals surface area contributed by atoms with Crippen molar-refractivity contribution in [3.05, 3.63) is 0 Å². The molecule has 1 unspecified atom stereocenters. The van der Waals surface area contributed by atoms with E-state index in [4.69, 9.17) is 0 Å². The minimum atomic E-state index is 0.740. The Morgan fingerprint density at radius 1 is 1.00 bits per heavy atom. The lowest BCUT2D eigenvalue weighted by molar-refractivity contribution is 0.109. The molecule has 1 rings (SSSR count). The normalized spacial score (nSPS) is 18.6. The van der Waals surface area contributed by atoms with Crippen LogP contribution in [0.2, 0.25) is 0 Å². The van der Waals surface area contributed by atoms with Crippen molar-refractivity contribution < 1.29 is 0 Å². The average Bonchev–Trinajstić information content (AvgIpc) is 2.88. The van der Waals surface area contributed by atoms with E-state index in [9.17, 15) is 0 Å². The van der Waals surface area contributed by atoms with Crippen molar-refractivity contribution in [2.24, 2.45) is 11.8 Å². The molecule has 0 bridgehead atoms. The quantitative estimate of drug-likeness (QED) is 0.642. The molecule has 2 nitrogen and oxygen atoms in total. The van der Waals surface area contributed by atoms with Crippen LogP contribution >= 0.6 is 0 Å². The number of hydrogen-bond acceptors (Lipinski definition) is 2. The Hall–Kier alpha value is -0.0800. The molecule has 0 spiro atoms. The predicted octanol–water partition coefficient (Wildman–Crippen LogP) is 4.30. The molecule has 0 aromatic heterocycles. The standard InChI is InChI=1S/C18H38N2/c1-6-9-18(13-19-12-15(2)3)20(14-16(4)5)17-10-7-8-11-17/h15-19H,6-14H2,1-5H3. The van der Waals surface area contributed by atoms with Gasteiger partial charge in [0.05, 0.1) is 0 Å². The molecule has 0 aromatic rings. The molecular formula is C18H38N2. The van der Waals surface area contributed by atoms with Crippen LogP contribution in [0.15, 0.2) is 0 Å². The highest BCUT2D eigenvalue weighted by atomic mass is 15.2. The average molecular weight is 283 g/mol. The van der Waals surface area contributed by atoms with Crippen molar-refractivity contribution in [3.63, 3.8) is 0 Å². The molecule has 120 valence electrons. The smallest absolute Gasteiger partial charge is 0.0223 e. The summed E-state index contributed by atoms with van der Waals surface area (Å²) in [4.78, 5) is 2.86. The Bertz CT molecular complexity index is 232. The lowest BCUT2D eigenvalue weighted by Gasteiger charge is -2.38. The van der Waals surface area contributed by atoms with Gasteiger partial charge in [0, 0.05) is 25.2 Å². The van der Waals surface area contributed by atoms with Crippen LogP contribution in [-0.4, -0.2) is 36.6 Å². The van der Waals surface area contributed by atoms with Crippen LogP contribution in [0.1, 0.15) is 73.1 Å². The van der Waals surface area contributed by atoms with Crippen molar-refractivity contribution in [1.82, 2.24) is 10.2 Å². The van der Waals surface area contributed by atoms with E-state index in [0.29, 0.717) is 0 Å². The largest absolute Gasteiger partial charge is 0.315 e. The molecule has 1 aliphatic carbocycles. The first-order valence-corrected chi connectivity index (χ1v) is 9.01. The maximum Gasteiger partial charge on any atom is 0.0223 e. The summed E-state index contributed by atoms with van der Waals surface area (Å²) in [6.07, 6.45) is 8.38. The topological polar surface area (TPSA) is 15.3 Å². The Kier molecular flexibility index (Phi) is 8.79. The number of hydrogen-bond donors (Lipinski definition) is 1. The molecule has 1 fully saturated rings. The molecule has 1 saturated carbocycles. The number of nitrogens with one attached hydrogen (secondary N) is 1. The van der Waals surface area contributed by atoms with Crippen molar-refractivity contribution >= 4 is 0 Å². The molecule has 0 heterocycles. The summed E-state index contributed by atoms with van der Waals surface area (Å²) < 4.78 is 0. The lowest BCUT2D eigenvalue weighted by atomic mass is 10.0. The maximum atomic E-state index is 3.71. The summed E-state index contributed by atoms with van der Waals surface area (Å²) >= 11 is 0. The monoisotopic (exact) mass is 282 g/mol. The van der Waals surface area contributed by atoms with Gasteiger partial charge in [-0.1, -0.05) is 53.9 Å². The Morgan fingerprint density at radius 3 is 2.15 bits per heavy atom. The molecule has 0 radical (unpaired) electrons. The summed E-state index contributed by atoms with van der Waals surface area (Å²) in [6, 6.07) is 1.60. The van der Waals surface area contributed by atoms with Crippen LogP contribution in [0.3, 0.4) is 0 Å². The highest BCUT2D eigenvalue weighted by molar-refractivity contribution is 4.84. The van der Waals surface area contributed by atoms with Gasteiger partial charge in [0.25, 0.3) is 0 Å². The first-order valence-electron chi connectivity index (χ1n) is 9.01. The fourth-order valence-electron chi connectivity index (χ4n) is 3.51. The van der Waals surface area contributed by atoms with E-state index in [1.54, 1.807) is 0 Å². The zero-order chi connectivity index (χ0) is 15.0. The third kappa shape index (κ3) is 6.58. The van der Waals surface area contributed by atoms with Gasteiger partial charge in [-0.2, -0.15) is 0 Å². The Morgan fingerprint density at radius 2 is 1.65 bits per heavy atom. The van der Waals surface area contributed by atoms with Gasteiger partial charge in [0.2, 0.25) is 0 Å². The second kappa shape index (κ2) is 9.78. The van der Waals surface area contributed by atoms with E-state index in [1.807, 2.05) is 0 Å². The Labute approximate surface area is 127 Å². The van der Waals surface area contributed by atoms with Crippen molar-refractivity contribution in [2.75, 3.05) is 19.6 Å². The van der Waals surface area contributed by atoms with Gasteiger partial charge in [-0.25, -0.2) is 0 Å². The highest BCUT2D eigenvalue weighted by Gasteiger charge is 2.28. The van der Waals surface area contributed by atoms with E-state index < -0.39 is 0 Å². The fraction of sp³-hybridized carbons (Fsp3) is 1.00. The van der Waals surface area contributed by atoms with Crippen LogP contribution in [0.25, 0.3) is 0 Å². The van der Waals surface area contributed by atoms with E-state index in [-0.39, 0.29) is 0 Å². The molecule has 0 saturated heterocycles. The molecule has 1 aliphatic rings. The highest BCUT2D eigenvalue weighted by Crippen LogP contribution is 2.27. The zero-order valence-electron chi connectivity index (χ0n) is 14.6. The summed E-state index contributed by atoms with van der Waals surface area (Å²) in [5.74, 6) is 1.53. The van der Waals surface area contributed by atoms with Gasteiger partial charge in [0.1, 0.15) is 0 Å². The van der Waals surface area contributed by atoms with Gasteiger partial charge in [-0.05, 0) is 37.6 Å². The SMILES string of the molecule is CCCC(CNCC(C)C)N(CC(C)C)C1CCCC1. The number of rotatable bonds is 10. The van der Waals surface area contributed by atoms with Crippen LogP contribution in [0, 0.1) is 11.8 Å². The molecule has 0 aromatic carbocycles. The summed E-state index contributed by atoms with van der Waals surface area (Å²) in [7, 11) is 0. The molecule has 1 atom stereocenters. The first kappa shape index (κ1) is 18.0. The van der Waals surface area contributed by atoms with Crippen LogP contribution < -0.4 is 5.32 Å². The fourth-order valence-corrected chi connectivity index (χ4v) is 3.51. The minimum absolute atomic E-state index is 0.740. The molecule has 2 heteroatoms. The molecule has 20 heavy (non-hydrogen) atoms. The Balaban J connectivity index is 2.59. The van der Waals surface area contributed by atoms with Gasteiger partial charge in [-0.15, -0.1) is 0 Å². The summed E-state index contributed by atoms with van der Waals surface area (Å²) in [5, 5.41) is 3.71. The van der Waals surface area contributed by atoms with E-state index in [2.05, 4.69) is 44.8 Å². The molecule has 1 N–H and O–H groups in total. The van der Waals surface area contributed by atoms with Gasteiger partial charge >= 0.3 is 0 Å². The van der Waals surface area contributed by atoms with Crippen LogP contribution in [-0.2, 0) is 0 Å². The van der Waals surface area contributed by atoms with Crippen LogP contribution in [0.4, 0.5) is 0 Å². The van der Waals surface area contributed by atoms with E-state index in [1.165, 1.54) is 51.6 Å². The van der Waals surface area contributed by atoms with Crippen molar-refractivity contribution in [3.8, 4) is 0 Å². The van der Waals surface area contributed by atoms with Crippen LogP contribution in [0.5, 0.6) is 0 Å². The van der Waals surface area contributed by atoms with Crippen molar-refractivity contribution in [1.29, 1.82) is 0 Å². The molecule has 0 amide bonds. The van der Waals surface area contributed by atoms with Gasteiger partial charge < -0.3 is 5.32 Å². The third-order valence-corrected chi connectivity index (χ3v) is 4.39. The second-order valence-electron chi connectivity index (χ2n) is 7.52. The predicted molar refractivity (Wildman–Crippen MR) is 90.2 cm³/mol. The maximum absolute atomic E-state index is 3.71. The van der Waals surface area contributed by atoms with Crippen molar-refractivity contribution in [2.45, 2.75) is 85.2 Å². The number of nitrogens with zero attached hydrogens (tertiary/aromatic N) is 1. The minimum Gasteiger partial charge on any atom is -0.315 e. The summed E-state index contributed by atoms with van der Waals surface area (Å²) in [5.41, 5.74) is 0. The van der Waals surface area contributed by atoms with E-state index >= 15 is 0 Å². The third-order valence-electron chi connectivity index (χ3n) is 4.39.